The van der Waals surface area contributed by atoms with Crippen LogP contribution in [-0.2, 0) is 19.1 Å². The molecule has 0 aromatic rings. The third kappa shape index (κ3) is 53.7. The molecule has 380 valence electrons. The SMILES string of the molecule is CC/C=C\C/C=C\C/C=C\C/C=C\C/C=C\CCCCCCCCCCCCCCCC(=O)OC(CO)COC(=O)CCCCCCCCCCCCC/C=C\C/C=C\CCCCCCC. The van der Waals surface area contributed by atoms with Crippen molar-refractivity contribution in [3.8, 4) is 0 Å². The van der Waals surface area contributed by atoms with Crippen molar-refractivity contribution in [2.24, 2.45) is 0 Å². The van der Waals surface area contributed by atoms with Crippen molar-refractivity contribution in [2.75, 3.05) is 13.2 Å². The number of hydrogen-bond donors (Lipinski definition) is 1. The molecule has 0 rings (SSSR count). The molecule has 0 heterocycles. The highest BCUT2D eigenvalue weighted by Gasteiger charge is 2.16. The predicted molar refractivity (Wildman–Crippen MR) is 288 cm³/mol. The largest absolute Gasteiger partial charge is 0.462 e. The summed E-state index contributed by atoms with van der Waals surface area (Å²) in [6.07, 6.45) is 78.3. The maximum absolute atomic E-state index is 12.3. The molecule has 0 aliphatic carbocycles. The van der Waals surface area contributed by atoms with Gasteiger partial charge in [0.05, 0.1) is 6.61 Å². The lowest BCUT2D eigenvalue weighted by molar-refractivity contribution is -0.161. The summed E-state index contributed by atoms with van der Waals surface area (Å²) < 4.78 is 10.7. The molecule has 0 aliphatic rings. The van der Waals surface area contributed by atoms with Crippen molar-refractivity contribution < 1.29 is 24.2 Å². The van der Waals surface area contributed by atoms with E-state index < -0.39 is 6.10 Å². The lowest BCUT2D eigenvalue weighted by atomic mass is 10.0. The Hall–Kier alpha value is -2.92. The summed E-state index contributed by atoms with van der Waals surface area (Å²) in [6.45, 7) is 4.03. The molecule has 0 aliphatic heterocycles. The van der Waals surface area contributed by atoms with Gasteiger partial charge in [-0.25, -0.2) is 0 Å². The van der Waals surface area contributed by atoms with E-state index in [0.717, 1.165) is 77.0 Å². The zero-order chi connectivity index (χ0) is 47.7. The Bertz CT molecular complexity index is 1220. The number of ether oxygens (including phenoxy) is 2. The van der Waals surface area contributed by atoms with E-state index in [-0.39, 0.29) is 25.2 Å². The van der Waals surface area contributed by atoms with Gasteiger partial charge in [0.1, 0.15) is 6.61 Å². The van der Waals surface area contributed by atoms with Crippen molar-refractivity contribution in [2.45, 2.75) is 277 Å². The third-order valence-electron chi connectivity index (χ3n) is 12.2. The number of allylic oxidation sites excluding steroid dienone is 14. The number of carbonyl (C=O) groups excluding carboxylic acids is 2. The predicted octanol–water partition coefficient (Wildman–Crippen LogP) is 19.0. The number of hydrogen-bond acceptors (Lipinski definition) is 5. The second-order valence-corrected chi connectivity index (χ2v) is 18.6. The summed E-state index contributed by atoms with van der Waals surface area (Å²) in [7, 11) is 0. The molecule has 0 bridgehead atoms. The van der Waals surface area contributed by atoms with Crippen molar-refractivity contribution >= 4 is 11.9 Å². The highest BCUT2D eigenvalue weighted by Crippen LogP contribution is 2.16. The van der Waals surface area contributed by atoms with E-state index in [1.54, 1.807) is 0 Å². The molecular formula is C61H106O5. The molecule has 1 atom stereocenters. The molecule has 0 spiro atoms. The van der Waals surface area contributed by atoms with E-state index in [0.29, 0.717) is 12.8 Å². The Morgan fingerprint density at radius 3 is 0.985 bits per heavy atom. The van der Waals surface area contributed by atoms with E-state index in [4.69, 9.17) is 9.47 Å². The van der Waals surface area contributed by atoms with Gasteiger partial charge in [-0.2, -0.15) is 0 Å². The topological polar surface area (TPSA) is 72.8 Å². The lowest BCUT2D eigenvalue weighted by Crippen LogP contribution is -2.28. The van der Waals surface area contributed by atoms with Crippen LogP contribution in [0.1, 0.15) is 271 Å². The van der Waals surface area contributed by atoms with Crippen molar-refractivity contribution in [3.63, 3.8) is 0 Å². The molecule has 5 nitrogen and oxygen atoms in total. The summed E-state index contributed by atoms with van der Waals surface area (Å²) in [6, 6.07) is 0. The second kappa shape index (κ2) is 56.4. The normalized spacial score (nSPS) is 12.8. The minimum absolute atomic E-state index is 0.0689. The first-order valence-electron chi connectivity index (χ1n) is 28.1. The van der Waals surface area contributed by atoms with E-state index in [1.165, 1.54) is 167 Å². The van der Waals surface area contributed by atoms with Crippen molar-refractivity contribution in [1.82, 2.24) is 0 Å². The Morgan fingerprint density at radius 2 is 0.652 bits per heavy atom. The first-order chi connectivity index (χ1) is 32.6. The standard InChI is InChI=1S/C61H106O5/c1-3-5-7-9-11-13-15-17-19-21-23-25-27-28-29-30-31-32-34-36-38-40-42-44-46-48-50-52-54-56-61(64)66-59(57-62)58-65-60(63)55-53-51-49-47-45-43-41-39-37-35-33-26-24-22-20-18-16-14-12-10-8-6-4-2/h5,7,11,13,16-19,22-25,28-29,59,62H,3-4,6,8-10,12,14-15,20-21,26-27,30-58H2,1-2H3/b7-5-,13-11-,18-16-,19-17-,24-22-,25-23-,29-28-. The Labute approximate surface area is 409 Å². The summed E-state index contributed by atoms with van der Waals surface area (Å²) in [5.74, 6) is -0.589. The monoisotopic (exact) mass is 919 g/mol. The van der Waals surface area contributed by atoms with Crippen LogP contribution in [0.25, 0.3) is 0 Å². The maximum Gasteiger partial charge on any atom is 0.306 e. The molecule has 0 aromatic heterocycles. The summed E-state index contributed by atoms with van der Waals surface area (Å²) in [4.78, 5) is 24.5. The number of unbranched alkanes of at least 4 members (excludes halogenated alkanes) is 29. The summed E-state index contributed by atoms with van der Waals surface area (Å²) in [5.41, 5.74) is 0. The first-order valence-corrected chi connectivity index (χ1v) is 28.1. The number of esters is 2. The maximum atomic E-state index is 12.3. The van der Waals surface area contributed by atoms with E-state index in [2.05, 4.69) is 98.9 Å². The van der Waals surface area contributed by atoms with Crippen LogP contribution in [0.3, 0.4) is 0 Å². The van der Waals surface area contributed by atoms with Gasteiger partial charge in [-0.1, -0.05) is 253 Å². The Balaban J connectivity index is 3.50. The molecule has 5 heteroatoms. The number of carbonyl (C=O) groups is 2. The molecule has 1 N–H and O–H groups in total. The molecule has 0 fully saturated rings. The molecule has 0 aromatic carbocycles. The molecule has 0 saturated heterocycles. The van der Waals surface area contributed by atoms with Crippen LogP contribution in [0.5, 0.6) is 0 Å². The lowest BCUT2D eigenvalue weighted by Gasteiger charge is -2.15. The number of rotatable bonds is 51. The smallest absolute Gasteiger partial charge is 0.306 e. The van der Waals surface area contributed by atoms with E-state index >= 15 is 0 Å². The fraction of sp³-hybridized carbons (Fsp3) is 0.738. The molecule has 66 heavy (non-hydrogen) atoms. The van der Waals surface area contributed by atoms with Crippen LogP contribution in [0, 0.1) is 0 Å². The minimum atomic E-state index is -0.778. The van der Waals surface area contributed by atoms with Crippen LogP contribution in [0.2, 0.25) is 0 Å². The van der Waals surface area contributed by atoms with Gasteiger partial charge < -0.3 is 14.6 Å². The van der Waals surface area contributed by atoms with Gasteiger partial charge in [-0.05, 0) is 89.9 Å². The highest BCUT2D eigenvalue weighted by molar-refractivity contribution is 5.70. The quantitative estimate of drug-likeness (QED) is 0.0374. The number of aliphatic hydroxyl groups excluding tert-OH is 1. The Kier molecular flexibility index (Phi) is 53.9. The highest BCUT2D eigenvalue weighted by atomic mass is 16.6. The van der Waals surface area contributed by atoms with Crippen molar-refractivity contribution in [1.29, 1.82) is 0 Å². The van der Waals surface area contributed by atoms with Crippen LogP contribution >= 0.6 is 0 Å². The third-order valence-corrected chi connectivity index (χ3v) is 12.2. The van der Waals surface area contributed by atoms with Gasteiger partial charge in [0.25, 0.3) is 0 Å². The average molecular weight is 920 g/mol. The van der Waals surface area contributed by atoms with Gasteiger partial charge in [0.15, 0.2) is 6.10 Å². The van der Waals surface area contributed by atoms with Gasteiger partial charge >= 0.3 is 11.9 Å². The first kappa shape index (κ1) is 63.1. The fourth-order valence-corrected chi connectivity index (χ4v) is 7.97. The van der Waals surface area contributed by atoms with Gasteiger partial charge in [-0.15, -0.1) is 0 Å². The number of aliphatic hydroxyl groups is 1. The van der Waals surface area contributed by atoms with Gasteiger partial charge in [-0.3, -0.25) is 9.59 Å². The van der Waals surface area contributed by atoms with Gasteiger partial charge in [0.2, 0.25) is 0 Å². The summed E-state index contributed by atoms with van der Waals surface area (Å²) in [5, 5.41) is 9.66. The minimum Gasteiger partial charge on any atom is -0.462 e. The summed E-state index contributed by atoms with van der Waals surface area (Å²) >= 11 is 0. The zero-order valence-electron chi connectivity index (χ0n) is 43.4. The van der Waals surface area contributed by atoms with Crippen molar-refractivity contribution in [3.05, 3.63) is 85.1 Å². The molecule has 0 radical (unpaired) electrons. The second-order valence-electron chi connectivity index (χ2n) is 18.6. The van der Waals surface area contributed by atoms with Crippen LogP contribution in [0.15, 0.2) is 85.1 Å². The zero-order valence-corrected chi connectivity index (χ0v) is 43.4. The molecule has 0 saturated carbocycles. The van der Waals surface area contributed by atoms with Crippen LogP contribution in [-0.4, -0.2) is 36.4 Å². The fourth-order valence-electron chi connectivity index (χ4n) is 7.97. The molecule has 1 unspecified atom stereocenters. The van der Waals surface area contributed by atoms with Crippen LogP contribution in [0.4, 0.5) is 0 Å². The van der Waals surface area contributed by atoms with E-state index in [9.17, 15) is 14.7 Å². The van der Waals surface area contributed by atoms with Crippen LogP contribution < -0.4 is 0 Å². The molecular weight excluding hydrogens is 813 g/mol. The van der Waals surface area contributed by atoms with E-state index in [1.807, 2.05) is 0 Å². The van der Waals surface area contributed by atoms with Gasteiger partial charge in [0, 0.05) is 12.8 Å². The molecule has 0 amide bonds. The average Bonchev–Trinajstić information content (AvgIpc) is 3.32. The Morgan fingerprint density at radius 1 is 0.364 bits per heavy atom.